The molecule has 0 spiro atoms. The first kappa shape index (κ1) is 17.1. The number of nitrogens with zero attached hydrogens (tertiary/aromatic N) is 1. The van der Waals surface area contributed by atoms with Crippen LogP contribution >= 0.6 is 0 Å². The van der Waals surface area contributed by atoms with E-state index in [9.17, 15) is 18.3 Å². The third-order valence-corrected chi connectivity index (χ3v) is 3.64. The van der Waals surface area contributed by atoms with Gasteiger partial charge >= 0.3 is 6.18 Å². The van der Waals surface area contributed by atoms with E-state index in [-0.39, 0.29) is 5.56 Å². The van der Waals surface area contributed by atoms with Gasteiger partial charge in [-0.05, 0) is 25.1 Å². The van der Waals surface area contributed by atoms with Gasteiger partial charge in [0, 0.05) is 38.3 Å². The smallest absolute Gasteiger partial charge is 0.416 e. The number of hydrogen-bond acceptors (Lipinski definition) is 4. The highest BCUT2D eigenvalue weighted by Crippen LogP contribution is 2.35. The maximum Gasteiger partial charge on any atom is 0.416 e. The molecule has 0 amide bonds. The van der Waals surface area contributed by atoms with Gasteiger partial charge in [0.1, 0.15) is 5.75 Å². The minimum Gasteiger partial charge on any atom is -0.493 e. The van der Waals surface area contributed by atoms with Crippen LogP contribution in [0.2, 0.25) is 0 Å². The lowest BCUT2D eigenvalue weighted by molar-refractivity contribution is -0.137. The summed E-state index contributed by atoms with van der Waals surface area (Å²) in [5.41, 5.74) is -0.583. The van der Waals surface area contributed by atoms with Crippen molar-refractivity contribution >= 4 is 0 Å². The first-order valence-electron chi connectivity index (χ1n) is 7.37. The zero-order valence-electron chi connectivity index (χ0n) is 12.5. The largest absolute Gasteiger partial charge is 0.493 e. The molecule has 7 heteroatoms. The van der Waals surface area contributed by atoms with Gasteiger partial charge in [0.15, 0.2) is 0 Å². The number of halogens is 3. The summed E-state index contributed by atoms with van der Waals surface area (Å²) in [6, 6.07) is 3.24. The van der Waals surface area contributed by atoms with Crippen molar-refractivity contribution in [3.8, 4) is 5.75 Å². The third-order valence-electron chi connectivity index (χ3n) is 3.64. The van der Waals surface area contributed by atoms with Crippen molar-refractivity contribution in [3.63, 3.8) is 0 Å². The lowest BCUT2D eigenvalue weighted by Crippen LogP contribution is -2.45. The Morgan fingerprint density at radius 3 is 2.59 bits per heavy atom. The van der Waals surface area contributed by atoms with Crippen molar-refractivity contribution in [1.29, 1.82) is 0 Å². The molecule has 0 aliphatic carbocycles. The van der Waals surface area contributed by atoms with Gasteiger partial charge in [-0.2, -0.15) is 13.2 Å². The zero-order chi connectivity index (χ0) is 16.2. The Morgan fingerprint density at radius 2 is 2.00 bits per heavy atom. The Balaban J connectivity index is 2.20. The van der Waals surface area contributed by atoms with E-state index in [1.165, 1.54) is 6.07 Å². The van der Waals surface area contributed by atoms with E-state index in [0.29, 0.717) is 18.9 Å². The number of rotatable bonds is 5. The highest BCUT2D eigenvalue weighted by atomic mass is 19.4. The molecular formula is C15H21F3N2O2. The predicted molar refractivity (Wildman–Crippen MR) is 76.9 cm³/mol. The molecule has 0 radical (unpaired) electrons. The fraction of sp³-hybridized carbons (Fsp3) is 0.600. The number of β-amino-alcohol motifs (C(OH)–C–C–N with tert-alkyl or cyclic N) is 1. The summed E-state index contributed by atoms with van der Waals surface area (Å²) in [6.45, 7) is 5.53. The van der Waals surface area contributed by atoms with Crippen LogP contribution in [0.1, 0.15) is 24.2 Å². The summed E-state index contributed by atoms with van der Waals surface area (Å²) < 4.78 is 44.0. The van der Waals surface area contributed by atoms with E-state index in [0.717, 1.165) is 38.3 Å². The molecule has 1 fully saturated rings. The Labute approximate surface area is 127 Å². The Hall–Kier alpha value is -1.31. The van der Waals surface area contributed by atoms with Crippen LogP contribution in [0, 0.1) is 0 Å². The molecule has 0 saturated carbocycles. The van der Waals surface area contributed by atoms with Gasteiger partial charge in [-0.1, -0.05) is 0 Å². The van der Waals surface area contributed by atoms with E-state index in [4.69, 9.17) is 4.74 Å². The van der Waals surface area contributed by atoms with Gasteiger partial charge in [-0.15, -0.1) is 0 Å². The fourth-order valence-corrected chi connectivity index (χ4v) is 2.51. The number of aliphatic hydroxyl groups is 1. The van der Waals surface area contributed by atoms with E-state index >= 15 is 0 Å². The summed E-state index contributed by atoms with van der Waals surface area (Å²) in [7, 11) is 0. The number of benzene rings is 1. The van der Waals surface area contributed by atoms with E-state index in [1.807, 2.05) is 4.90 Å². The number of alkyl halides is 3. The van der Waals surface area contributed by atoms with Crippen LogP contribution in [0.5, 0.6) is 5.75 Å². The molecule has 1 saturated heterocycles. The summed E-state index contributed by atoms with van der Waals surface area (Å²) in [4.78, 5) is 2.02. The van der Waals surface area contributed by atoms with Crippen molar-refractivity contribution in [2.75, 3.05) is 39.3 Å². The Kier molecular flexibility index (Phi) is 5.66. The lowest BCUT2D eigenvalue weighted by Gasteiger charge is -2.29. The molecule has 124 valence electrons. The summed E-state index contributed by atoms with van der Waals surface area (Å²) >= 11 is 0. The highest BCUT2D eigenvalue weighted by Gasteiger charge is 2.32. The SMILES string of the molecule is CCOc1ccc(C(F)(F)F)cc1C(O)CN1CCNCC1. The highest BCUT2D eigenvalue weighted by molar-refractivity contribution is 5.40. The molecule has 22 heavy (non-hydrogen) atoms. The molecule has 1 atom stereocenters. The standard InChI is InChI=1S/C15H21F3N2O2/c1-2-22-14-4-3-11(15(16,17)18)9-12(14)13(21)10-20-7-5-19-6-8-20/h3-4,9,13,19,21H,2,5-8,10H2,1H3. The molecule has 1 heterocycles. The molecule has 1 aromatic rings. The molecule has 1 aliphatic rings. The average molecular weight is 318 g/mol. The summed E-state index contributed by atoms with van der Waals surface area (Å²) in [5.74, 6) is 0.304. The van der Waals surface area contributed by atoms with Crippen molar-refractivity contribution in [2.24, 2.45) is 0 Å². The van der Waals surface area contributed by atoms with Crippen LogP contribution in [-0.4, -0.2) is 49.3 Å². The second-order valence-electron chi connectivity index (χ2n) is 5.25. The molecule has 1 aliphatic heterocycles. The number of hydrogen-bond donors (Lipinski definition) is 2. The first-order valence-corrected chi connectivity index (χ1v) is 7.37. The maximum atomic E-state index is 12.9. The van der Waals surface area contributed by atoms with E-state index in [2.05, 4.69) is 5.32 Å². The van der Waals surface area contributed by atoms with Crippen LogP contribution in [0.4, 0.5) is 13.2 Å². The van der Waals surface area contributed by atoms with Crippen LogP contribution in [0.3, 0.4) is 0 Å². The second kappa shape index (κ2) is 7.30. The number of aliphatic hydroxyl groups excluding tert-OH is 1. The maximum absolute atomic E-state index is 12.9. The fourth-order valence-electron chi connectivity index (χ4n) is 2.51. The molecule has 0 bridgehead atoms. The molecule has 0 aromatic heterocycles. The second-order valence-corrected chi connectivity index (χ2v) is 5.25. The lowest BCUT2D eigenvalue weighted by atomic mass is 10.0. The monoisotopic (exact) mass is 318 g/mol. The molecule has 2 N–H and O–H groups in total. The number of ether oxygens (including phenoxy) is 1. The van der Waals surface area contributed by atoms with Crippen molar-refractivity contribution < 1.29 is 23.0 Å². The van der Waals surface area contributed by atoms with Crippen molar-refractivity contribution in [3.05, 3.63) is 29.3 Å². The summed E-state index contributed by atoms with van der Waals surface area (Å²) in [6.07, 6.45) is -5.45. The predicted octanol–water partition coefficient (Wildman–Crippen LogP) is 2.04. The van der Waals surface area contributed by atoms with Gasteiger partial charge in [0.25, 0.3) is 0 Å². The van der Waals surface area contributed by atoms with Crippen LogP contribution in [0.25, 0.3) is 0 Å². The average Bonchev–Trinajstić information content (AvgIpc) is 2.47. The third kappa shape index (κ3) is 4.34. The minimum absolute atomic E-state index is 0.190. The first-order chi connectivity index (χ1) is 10.4. The van der Waals surface area contributed by atoms with Gasteiger partial charge in [-0.3, -0.25) is 4.90 Å². The van der Waals surface area contributed by atoms with Gasteiger partial charge < -0.3 is 15.2 Å². The molecular weight excluding hydrogens is 297 g/mol. The normalized spacial score (nSPS) is 18.2. The van der Waals surface area contributed by atoms with Crippen LogP contribution < -0.4 is 10.1 Å². The van der Waals surface area contributed by atoms with Crippen LogP contribution in [0.15, 0.2) is 18.2 Å². The minimum atomic E-state index is -4.44. The Morgan fingerprint density at radius 1 is 1.32 bits per heavy atom. The van der Waals surface area contributed by atoms with E-state index in [1.54, 1.807) is 6.92 Å². The summed E-state index contributed by atoms with van der Waals surface area (Å²) in [5, 5.41) is 13.6. The Bertz CT molecular complexity index is 488. The van der Waals surface area contributed by atoms with Gasteiger partial charge in [-0.25, -0.2) is 0 Å². The number of piperazine rings is 1. The molecule has 1 unspecified atom stereocenters. The molecule has 1 aromatic carbocycles. The molecule has 2 rings (SSSR count). The quantitative estimate of drug-likeness (QED) is 0.872. The van der Waals surface area contributed by atoms with Crippen molar-refractivity contribution in [1.82, 2.24) is 10.2 Å². The van der Waals surface area contributed by atoms with Crippen molar-refractivity contribution in [2.45, 2.75) is 19.2 Å². The van der Waals surface area contributed by atoms with Gasteiger partial charge in [0.2, 0.25) is 0 Å². The van der Waals surface area contributed by atoms with Gasteiger partial charge in [0.05, 0.1) is 18.3 Å². The van der Waals surface area contributed by atoms with Crippen LogP contribution in [-0.2, 0) is 6.18 Å². The topological polar surface area (TPSA) is 44.7 Å². The number of nitrogens with one attached hydrogen (secondary N) is 1. The zero-order valence-corrected chi connectivity index (χ0v) is 12.5. The molecule has 4 nitrogen and oxygen atoms in total. The van der Waals surface area contributed by atoms with E-state index < -0.39 is 17.8 Å².